The summed E-state index contributed by atoms with van der Waals surface area (Å²) in [4.78, 5) is 0.437. The van der Waals surface area contributed by atoms with Crippen LogP contribution in [0, 0.1) is 20.8 Å². The monoisotopic (exact) mass is 506 g/mol. The summed E-state index contributed by atoms with van der Waals surface area (Å²) in [5.74, 6) is 0.330. The zero-order valence-electron chi connectivity index (χ0n) is 20.5. The van der Waals surface area contributed by atoms with Gasteiger partial charge < -0.3 is 4.57 Å². The van der Waals surface area contributed by atoms with Crippen LogP contribution < -0.4 is 0 Å². The third-order valence-corrected chi connectivity index (χ3v) is 9.65. The van der Waals surface area contributed by atoms with E-state index in [9.17, 15) is 8.42 Å². The van der Waals surface area contributed by atoms with Gasteiger partial charge in [-0.2, -0.15) is 4.31 Å². The van der Waals surface area contributed by atoms with E-state index in [0.29, 0.717) is 23.9 Å². The number of piperidine rings is 1. The first-order chi connectivity index (χ1) is 16.8. The highest BCUT2D eigenvalue weighted by molar-refractivity contribution is 7.89. The Hall–Kier alpha value is -2.60. The van der Waals surface area contributed by atoms with E-state index in [0.717, 1.165) is 35.5 Å². The van der Waals surface area contributed by atoms with Gasteiger partial charge in [-0.1, -0.05) is 54.1 Å². The molecule has 5 rings (SSSR count). The molecule has 0 aliphatic carbocycles. The molecule has 0 unspecified atom stereocenters. The lowest BCUT2D eigenvalue weighted by Crippen LogP contribution is -2.38. The van der Waals surface area contributed by atoms with E-state index in [4.69, 9.17) is 11.6 Å². The van der Waals surface area contributed by atoms with Crippen molar-refractivity contribution in [1.29, 1.82) is 0 Å². The van der Waals surface area contributed by atoms with Crippen molar-refractivity contribution in [3.63, 3.8) is 0 Å². The molecule has 182 valence electrons. The summed E-state index contributed by atoms with van der Waals surface area (Å²) < 4.78 is 30.9. The number of rotatable bonds is 5. The lowest BCUT2D eigenvalue weighted by Gasteiger charge is -2.32. The number of aromatic nitrogens is 1. The third kappa shape index (κ3) is 4.53. The van der Waals surface area contributed by atoms with Gasteiger partial charge in [-0.05, 0) is 86.1 Å². The van der Waals surface area contributed by atoms with Crippen molar-refractivity contribution >= 4 is 32.5 Å². The molecule has 0 N–H and O–H groups in total. The summed E-state index contributed by atoms with van der Waals surface area (Å²) in [6.45, 7) is 7.87. The van der Waals surface area contributed by atoms with Crippen LogP contribution >= 0.6 is 11.6 Å². The second-order valence-electron chi connectivity index (χ2n) is 9.68. The van der Waals surface area contributed by atoms with Crippen molar-refractivity contribution < 1.29 is 8.42 Å². The van der Waals surface area contributed by atoms with Crippen LogP contribution in [0.5, 0.6) is 0 Å². The topological polar surface area (TPSA) is 42.3 Å². The van der Waals surface area contributed by atoms with Gasteiger partial charge in [0.05, 0.1) is 4.90 Å². The zero-order chi connectivity index (χ0) is 24.7. The van der Waals surface area contributed by atoms with Crippen molar-refractivity contribution in [2.24, 2.45) is 0 Å². The first-order valence-electron chi connectivity index (χ1n) is 12.2. The Morgan fingerprint density at radius 3 is 2.31 bits per heavy atom. The molecule has 1 fully saturated rings. The average Bonchev–Trinajstić information content (AvgIpc) is 3.13. The minimum atomic E-state index is -3.50. The van der Waals surface area contributed by atoms with Crippen molar-refractivity contribution in [2.45, 2.75) is 51.0 Å². The molecular formula is C29H31ClN2O2S. The van der Waals surface area contributed by atoms with Crippen molar-refractivity contribution in [2.75, 3.05) is 13.1 Å². The summed E-state index contributed by atoms with van der Waals surface area (Å²) in [5, 5.41) is 2.01. The van der Waals surface area contributed by atoms with Crippen LogP contribution in [-0.2, 0) is 16.6 Å². The van der Waals surface area contributed by atoms with E-state index in [1.54, 1.807) is 10.4 Å². The Kier molecular flexibility index (Phi) is 6.51. The van der Waals surface area contributed by atoms with Crippen LogP contribution in [0.2, 0.25) is 5.02 Å². The van der Waals surface area contributed by atoms with E-state index in [2.05, 4.69) is 47.9 Å². The lowest BCUT2D eigenvalue weighted by atomic mass is 9.88. The summed E-state index contributed by atoms with van der Waals surface area (Å²) in [7, 11) is -3.50. The number of benzene rings is 3. The molecule has 4 nitrogen and oxygen atoms in total. The van der Waals surface area contributed by atoms with Gasteiger partial charge in [-0.25, -0.2) is 8.42 Å². The first-order valence-corrected chi connectivity index (χ1v) is 14.0. The number of hydrogen-bond donors (Lipinski definition) is 0. The maximum absolute atomic E-state index is 13.4. The van der Waals surface area contributed by atoms with Gasteiger partial charge in [-0.3, -0.25) is 0 Å². The molecule has 0 saturated carbocycles. The fraction of sp³-hybridized carbons (Fsp3) is 0.310. The molecule has 35 heavy (non-hydrogen) atoms. The molecule has 0 atom stereocenters. The van der Waals surface area contributed by atoms with Crippen molar-refractivity contribution in [1.82, 2.24) is 8.87 Å². The molecule has 0 amide bonds. The van der Waals surface area contributed by atoms with Gasteiger partial charge >= 0.3 is 0 Å². The second-order valence-corrected chi connectivity index (χ2v) is 12.0. The van der Waals surface area contributed by atoms with Gasteiger partial charge in [0.25, 0.3) is 0 Å². The lowest BCUT2D eigenvalue weighted by molar-refractivity contribution is 0.319. The Labute approximate surface area is 213 Å². The van der Waals surface area contributed by atoms with E-state index in [1.807, 2.05) is 38.1 Å². The Morgan fingerprint density at radius 1 is 0.914 bits per heavy atom. The Bertz CT molecular complexity index is 1480. The highest BCUT2D eigenvalue weighted by atomic mass is 35.5. The molecule has 1 saturated heterocycles. The number of fused-ring (bicyclic) bond motifs is 1. The molecule has 1 aliphatic heterocycles. The number of para-hydroxylation sites is 1. The van der Waals surface area contributed by atoms with Gasteiger partial charge in [0.15, 0.2) is 0 Å². The van der Waals surface area contributed by atoms with Gasteiger partial charge in [0.2, 0.25) is 10.0 Å². The maximum atomic E-state index is 13.4. The predicted molar refractivity (Wildman–Crippen MR) is 144 cm³/mol. The number of hydrogen-bond acceptors (Lipinski definition) is 2. The molecule has 0 spiro atoms. The van der Waals surface area contributed by atoms with E-state index in [1.165, 1.54) is 27.7 Å². The molecule has 0 radical (unpaired) electrons. The van der Waals surface area contributed by atoms with Crippen LogP contribution in [0.25, 0.3) is 10.9 Å². The quantitative estimate of drug-likeness (QED) is 0.297. The molecule has 1 aromatic heterocycles. The highest BCUT2D eigenvalue weighted by Gasteiger charge is 2.33. The number of aryl methyl sites for hydroxylation is 2. The van der Waals surface area contributed by atoms with Crippen LogP contribution in [0.3, 0.4) is 0 Å². The number of nitrogens with zero attached hydrogens (tertiary/aromatic N) is 2. The minimum absolute atomic E-state index is 0.330. The smallest absolute Gasteiger partial charge is 0.243 e. The van der Waals surface area contributed by atoms with E-state index >= 15 is 0 Å². The molecule has 4 aromatic rings. The summed E-state index contributed by atoms with van der Waals surface area (Å²) in [6.07, 6.45) is 1.64. The Morgan fingerprint density at radius 2 is 1.60 bits per heavy atom. The SMILES string of the molecule is Cc1ccc(C)c(S(=O)(=O)N2CCC(c3c(C)n(Cc4ccc(Cl)cc4)c4ccccc34)CC2)c1. The fourth-order valence-corrected chi connectivity index (χ4v) is 7.36. The fourth-order valence-electron chi connectivity index (χ4n) is 5.46. The predicted octanol–water partition coefficient (Wildman–Crippen LogP) is 6.84. The summed E-state index contributed by atoms with van der Waals surface area (Å²) in [5.41, 5.74) is 6.82. The largest absolute Gasteiger partial charge is 0.340 e. The van der Waals surface area contributed by atoms with Crippen molar-refractivity contribution in [3.8, 4) is 0 Å². The standard InChI is InChI=1S/C29H31ClN2O2S/c1-20-8-9-21(2)28(18-20)35(33,34)31-16-14-24(15-17-31)29-22(3)32(27-7-5-4-6-26(27)29)19-23-10-12-25(30)13-11-23/h4-13,18,24H,14-17,19H2,1-3H3. The maximum Gasteiger partial charge on any atom is 0.243 e. The van der Waals surface area contributed by atoms with Crippen molar-refractivity contribution in [3.05, 3.63) is 99.7 Å². The highest BCUT2D eigenvalue weighted by Crippen LogP contribution is 2.39. The van der Waals surface area contributed by atoms with Crippen LogP contribution in [0.15, 0.2) is 71.6 Å². The first kappa shape index (κ1) is 24.1. The molecular weight excluding hydrogens is 476 g/mol. The second kappa shape index (κ2) is 9.45. The summed E-state index contributed by atoms with van der Waals surface area (Å²) in [6, 6.07) is 22.2. The van der Waals surface area contributed by atoms with E-state index in [-0.39, 0.29) is 0 Å². The molecule has 1 aliphatic rings. The number of halogens is 1. The molecule has 3 aromatic carbocycles. The molecule has 0 bridgehead atoms. The number of sulfonamides is 1. The average molecular weight is 507 g/mol. The van der Waals surface area contributed by atoms with Gasteiger partial charge in [-0.15, -0.1) is 0 Å². The van der Waals surface area contributed by atoms with Crippen LogP contribution in [0.1, 0.15) is 46.7 Å². The minimum Gasteiger partial charge on any atom is -0.340 e. The van der Waals surface area contributed by atoms with Crippen LogP contribution in [-0.4, -0.2) is 30.4 Å². The van der Waals surface area contributed by atoms with Gasteiger partial charge in [0, 0.05) is 41.3 Å². The molecule has 2 heterocycles. The normalized spacial score (nSPS) is 15.7. The van der Waals surface area contributed by atoms with Crippen LogP contribution in [0.4, 0.5) is 0 Å². The third-order valence-electron chi connectivity index (χ3n) is 7.36. The van der Waals surface area contributed by atoms with Gasteiger partial charge in [0.1, 0.15) is 0 Å². The zero-order valence-corrected chi connectivity index (χ0v) is 22.0. The molecule has 6 heteroatoms. The summed E-state index contributed by atoms with van der Waals surface area (Å²) >= 11 is 6.09. The Balaban J connectivity index is 1.43. The van der Waals surface area contributed by atoms with E-state index < -0.39 is 10.0 Å².